The number of hydrogen-bond acceptors (Lipinski definition) is 4. The van der Waals surface area contributed by atoms with Crippen molar-refractivity contribution < 1.29 is 14.6 Å². The van der Waals surface area contributed by atoms with E-state index in [9.17, 15) is 4.79 Å². The maximum atomic E-state index is 10.6. The van der Waals surface area contributed by atoms with Crippen LogP contribution in [-0.2, 0) is 11.2 Å². The predicted molar refractivity (Wildman–Crippen MR) is 73.3 cm³/mol. The van der Waals surface area contributed by atoms with Gasteiger partial charge in [-0.1, -0.05) is 11.3 Å². The largest absolute Gasteiger partial charge is 0.494 e. The number of aryl methyl sites for hydroxylation is 2. The molecule has 0 aliphatic rings. The van der Waals surface area contributed by atoms with Crippen molar-refractivity contribution in [2.24, 2.45) is 0 Å². The Morgan fingerprint density at radius 2 is 2.15 bits per heavy atom. The van der Waals surface area contributed by atoms with Crippen LogP contribution in [-0.4, -0.2) is 33.2 Å². The highest BCUT2D eigenvalue weighted by Crippen LogP contribution is 2.25. The number of hydrogen-bond donors (Lipinski definition) is 1. The van der Waals surface area contributed by atoms with Crippen LogP contribution in [0.5, 0.6) is 5.75 Å². The number of carboxylic acids is 1. The van der Waals surface area contributed by atoms with Gasteiger partial charge in [0.2, 0.25) is 0 Å². The second-order valence-corrected chi connectivity index (χ2v) is 4.60. The first-order chi connectivity index (χ1) is 9.52. The number of benzene rings is 1. The fourth-order valence-electron chi connectivity index (χ4n) is 2.01. The van der Waals surface area contributed by atoms with E-state index in [1.165, 1.54) is 0 Å². The molecule has 106 valence electrons. The molecule has 2 rings (SSSR count). The Morgan fingerprint density at radius 3 is 2.80 bits per heavy atom. The van der Waals surface area contributed by atoms with Gasteiger partial charge < -0.3 is 9.84 Å². The van der Waals surface area contributed by atoms with E-state index in [2.05, 4.69) is 10.3 Å². The van der Waals surface area contributed by atoms with Crippen molar-refractivity contribution in [2.45, 2.75) is 26.7 Å². The highest BCUT2D eigenvalue weighted by Gasteiger charge is 2.14. The predicted octanol–water partition coefficient (Wildman–Crippen LogP) is 1.91. The number of rotatable bonds is 5. The Morgan fingerprint density at radius 1 is 1.40 bits per heavy atom. The van der Waals surface area contributed by atoms with Crippen molar-refractivity contribution in [1.29, 1.82) is 0 Å². The standard InChI is InChI=1S/C14H17N3O3/c1-9-4-6-13(20-3)12(8-9)17-10(2)11(15-16-17)5-7-14(18)19/h4,6,8H,5,7H2,1-3H3,(H,18,19). The summed E-state index contributed by atoms with van der Waals surface area (Å²) in [5.74, 6) is -0.138. The number of carboxylic acid groups (broad SMARTS) is 1. The minimum Gasteiger partial charge on any atom is -0.494 e. The fourth-order valence-corrected chi connectivity index (χ4v) is 2.01. The summed E-state index contributed by atoms with van der Waals surface area (Å²) >= 11 is 0. The molecule has 20 heavy (non-hydrogen) atoms. The van der Waals surface area contributed by atoms with Gasteiger partial charge in [-0.3, -0.25) is 4.79 Å². The molecule has 2 aromatic rings. The lowest BCUT2D eigenvalue weighted by atomic mass is 10.2. The monoisotopic (exact) mass is 275 g/mol. The summed E-state index contributed by atoms with van der Waals surface area (Å²) in [6, 6.07) is 5.80. The van der Waals surface area contributed by atoms with E-state index < -0.39 is 5.97 Å². The molecular weight excluding hydrogens is 258 g/mol. The van der Waals surface area contributed by atoms with Gasteiger partial charge in [0.05, 0.1) is 24.9 Å². The van der Waals surface area contributed by atoms with Crippen molar-refractivity contribution in [2.75, 3.05) is 7.11 Å². The Hall–Kier alpha value is -2.37. The van der Waals surface area contributed by atoms with Crippen LogP contribution >= 0.6 is 0 Å². The van der Waals surface area contributed by atoms with E-state index >= 15 is 0 Å². The molecular formula is C14H17N3O3. The molecule has 1 aromatic carbocycles. The van der Waals surface area contributed by atoms with Gasteiger partial charge in [0, 0.05) is 6.42 Å². The lowest BCUT2D eigenvalue weighted by Gasteiger charge is -2.10. The fraction of sp³-hybridized carbons (Fsp3) is 0.357. The minimum atomic E-state index is -0.841. The molecule has 0 saturated heterocycles. The average molecular weight is 275 g/mol. The Kier molecular flexibility index (Phi) is 4.02. The lowest BCUT2D eigenvalue weighted by Crippen LogP contribution is -2.03. The van der Waals surface area contributed by atoms with E-state index in [-0.39, 0.29) is 6.42 Å². The molecule has 1 N–H and O–H groups in total. The van der Waals surface area contributed by atoms with E-state index in [0.29, 0.717) is 17.9 Å². The zero-order chi connectivity index (χ0) is 14.7. The van der Waals surface area contributed by atoms with Gasteiger partial charge in [0.15, 0.2) is 0 Å². The van der Waals surface area contributed by atoms with Crippen LogP contribution in [0.1, 0.15) is 23.4 Å². The van der Waals surface area contributed by atoms with Crippen LogP contribution < -0.4 is 4.74 Å². The molecule has 0 amide bonds. The summed E-state index contributed by atoms with van der Waals surface area (Å²) in [4.78, 5) is 10.6. The Bertz CT molecular complexity index is 635. The molecule has 0 bridgehead atoms. The summed E-state index contributed by atoms with van der Waals surface area (Å²) in [5.41, 5.74) is 3.41. The molecule has 0 fully saturated rings. The second kappa shape index (κ2) is 5.73. The highest BCUT2D eigenvalue weighted by atomic mass is 16.5. The maximum absolute atomic E-state index is 10.6. The molecule has 0 atom stereocenters. The van der Waals surface area contributed by atoms with E-state index in [1.54, 1.807) is 11.8 Å². The minimum absolute atomic E-state index is 0.0461. The van der Waals surface area contributed by atoms with Crippen LogP contribution in [0.2, 0.25) is 0 Å². The van der Waals surface area contributed by atoms with Crippen molar-refractivity contribution in [1.82, 2.24) is 15.0 Å². The zero-order valence-electron chi connectivity index (χ0n) is 11.8. The van der Waals surface area contributed by atoms with Crippen molar-refractivity contribution in [3.63, 3.8) is 0 Å². The molecule has 1 heterocycles. The van der Waals surface area contributed by atoms with Gasteiger partial charge in [0.1, 0.15) is 11.4 Å². The summed E-state index contributed by atoms with van der Waals surface area (Å²) in [5, 5.41) is 16.9. The van der Waals surface area contributed by atoms with E-state index in [4.69, 9.17) is 9.84 Å². The summed E-state index contributed by atoms with van der Waals surface area (Å²) in [6.45, 7) is 3.86. The Labute approximate surface area is 117 Å². The summed E-state index contributed by atoms with van der Waals surface area (Å²) in [7, 11) is 1.60. The molecule has 0 aliphatic carbocycles. The van der Waals surface area contributed by atoms with Gasteiger partial charge in [-0.25, -0.2) is 4.68 Å². The number of methoxy groups -OCH3 is 1. The molecule has 1 aromatic heterocycles. The number of nitrogens with zero attached hydrogens (tertiary/aromatic N) is 3. The van der Waals surface area contributed by atoms with Gasteiger partial charge >= 0.3 is 5.97 Å². The van der Waals surface area contributed by atoms with Crippen LogP contribution in [0.3, 0.4) is 0 Å². The molecule has 6 nitrogen and oxygen atoms in total. The lowest BCUT2D eigenvalue weighted by molar-refractivity contribution is -0.136. The summed E-state index contributed by atoms with van der Waals surface area (Å²) < 4.78 is 7.02. The Balaban J connectivity index is 2.39. The van der Waals surface area contributed by atoms with Gasteiger partial charge in [-0.15, -0.1) is 5.10 Å². The van der Waals surface area contributed by atoms with E-state index in [0.717, 1.165) is 16.9 Å². The SMILES string of the molecule is COc1ccc(C)cc1-n1nnc(CCC(=O)O)c1C. The molecule has 0 radical (unpaired) electrons. The van der Waals surface area contributed by atoms with Gasteiger partial charge in [-0.05, 0) is 31.5 Å². The molecule has 0 spiro atoms. The van der Waals surface area contributed by atoms with Crippen molar-refractivity contribution >= 4 is 5.97 Å². The maximum Gasteiger partial charge on any atom is 0.303 e. The first-order valence-electron chi connectivity index (χ1n) is 6.31. The van der Waals surface area contributed by atoms with E-state index in [1.807, 2.05) is 32.0 Å². The second-order valence-electron chi connectivity index (χ2n) is 4.60. The van der Waals surface area contributed by atoms with Crippen LogP contribution in [0.4, 0.5) is 0 Å². The quantitative estimate of drug-likeness (QED) is 0.902. The van der Waals surface area contributed by atoms with Crippen LogP contribution in [0, 0.1) is 13.8 Å². The van der Waals surface area contributed by atoms with Crippen LogP contribution in [0.15, 0.2) is 18.2 Å². The first kappa shape index (κ1) is 14.0. The van der Waals surface area contributed by atoms with Crippen molar-refractivity contribution in [3.05, 3.63) is 35.2 Å². The third kappa shape index (κ3) is 2.79. The smallest absolute Gasteiger partial charge is 0.303 e. The average Bonchev–Trinajstić information content (AvgIpc) is 2.77. The number of aliphatic carboxylic acids is 1. The zero-order valence-corrected chi connectivity index (χ0v) is 11.8. The normalized spacial score (nSPS) is 10.6. The highest BCUT2D eigenvalue weighted by molar-refractivity contribution is 5.67. The first-order valence-corrected chi connectivity index (χ1v) is 6.31. The number of carbonyl (C=O) groups is 1. The third-order valence-corrected chi connectivity index (χ3v) is 3.13. The third-order valence-electron chi connectivity index (χ3n) is 3.13. The van der Waals surface area contributed by atoms with Gasteiger partial charge in [0.25, 0.3) is 0 Å². The molecule has 0 saturated carbocycles. The molecule has 0 unspecified atom stereocenters. The number of ether oxygens (including phenoxy) is 1. The van der Waals surface area contributed by atoms with Crippen LogP contribution in [0.25, 0.3) is 5.69 Å². The molecule has 0 aliphatic heterocycles. The van der Waals surface area contributed by atoms with Crippen molar-refractivity contribution in [3.8, 4) is 11.4 Å². The summed E-state index contributed by atoms with van der Waals surface area (Å²) in [6.07, 6.45) is 0.416. The number of aromatic nitrogens is 3. The van der Waals surface area contributed by atoms with Gasteiger partial charge in [-0.2, -0.15) is 0 Å². The topological polar surface area (TPSA) is 77.2 Å². The molecule has 6 heteroatoms.